The first-order valence-electron chi connectivity index (χ1n) is 11.2. The van der Waals surface area contributed by atoms with Crippen molar-refractivity contribution in [1.82, 2.24) is 10.3 Å². The van der Waals surface area contributed by atoms with Crippen LogP contribution < -0.4 is 16.0 Å². The zero-order chi connectivity index (χ0) is 22.6. The fourth-order valence-corrected chi connectivity index (χ4v) is 4.12. The zero-order valence-electron chi connectivity index (χ0n) is 18.6. The average molecular weight is 459 g/mol. The molecule has 0 aliphatic carbocycles. The van der Waals surface area contributed by atoms with Crippen LogP contribution in [0.5, 0.6) is 0 Å². The predicted molar refractivity (Wildman–Crippen MR) is 127 cm³/mol. The summed E-state index contributed by atoms with van der Waals surface area (Å²) < 4.78 is 11.7. The molecule has 0 saturated carbocycles. The molecule has 1 amide bonds. The van der Waals surface area contributed by atoms with E-state index in [4.69, 9.17) is 21.1 Å². The minimum Gasteiger partial charge on any atom is -0.382 e. The Bertz CT molecular complexity index is 937. The molecule has 0 radical (unpaired) electrons. The van der Waals surface area contributed by atoms with E-state index in [0.29, 0.717) is 37.1 Å². The number of anilines is 2. The molecule has 7 nitrogen and oxygen atoms in total. The lowest BCUT2D eigenvalue weighted by molar-refractivity contribution is -0.170. The number of amides is 1. The summed E-state index contributed by atoms with van der Waals surface area (Å²) in [6.07, 6.45) is 3.49. The van der Waals surface area contributed by atoms with Crippen molar-refractivity contribution in [2.75, 3.05) is 43.5 Å². The van der Waals surface area contributed by atoms with Gasteiger partial charge in [-0.2, -0.15) is 0 Å². The van der Waals surface area contributed by atoms with Gasteiger partial charge in [0.2, 0.25) is 5.91 Å². The Morgan fingerprint density at radius 1 is 1.34 bits per heavy atom. The van der Waals surface area contributed by atoms with Crippen molar-refractivity contribution in [2.24, 2.45) is 5.92 Å². The molecule has 1 aromatic carbocycles. The highest BCUT2D eigenvalue weighted by Gasteiger charge is 2.28. The lowest BCUT2D eigenvalue weighted by Gasteiger charge is -2.35. The van der Waals surface area contributed by atoms with E-state index in [2.05, 4.69) is 20.9 Å². The zero-order valence-corrected chi connectivity index (χ0v) is 19.4. The second-order valence-corrected chi connectivity index (χ2v) is 9.45. The Hall–Kier alpha value is -2.19. The Morgan fingerprint density at radius 2 is 2.22 bits per heavy atom. The number of nitrogens with one attached hydrogen (secondary N) is 3. The van der Waals surface area contributed by atoms with Gasteiger partial charge in [-0.25, -0.2) is 4.98 Å². The molecular weight excluding hydrogens is 428 g/mol. The second kappa shape index (κ2) is 10.2. The summed E-state index contributed by atoms with van der Waals surface area (Å²) in [5, 5.41) is 10.2. The maximum atomic E-state index is 12.6. The van der Waals surface area contributed by atoms with Gasteiger partial charge in [-0.05, 0) is 57.0 Å². The summed E-state index contributed by atoms with van der Waals surface area (Å²) in [6.45, 7) is 7.53. The van der Waals surface area contributed by atoms with Crippen LogP contribution in [0.3, 0.4) is 0 Å². The summed E-state index contributed by atoms with van der Waals surface area (Å²) >= 11 is 6.45. The summed E-state index contributed by atoms with van der Waals surface area (Å²) in [6, 6.07) is 9.83. The molecular formula is C24H31ClN4O3. The van der Waals surface area contributed by atoms with Gasteiger partial charge in [0.1, 0.15) is 5.82 Å². The number of rotatable bonds is 6. The van der Waals surface area contributed by atoms with Crippen molar-refractivity contribution in [2.45, 2.75) is 38.4 Å². The van der Waals surface area contributed by atoms with Crippen LogP contribution in [-0.2, 0) is 14.3 Å². The first-order chi connectivity index (χ1) is 15.4. The maximum absolute atomic E-state index is 12.6. The summed E-state index contributed by atoms with van der Waals surface area (Å²) in [7, 11) is 0. The average Bonchev–Trinajstić information content (AvgIpc) is 2.80. The predicted octanol–water partition coefficient (Wildman–Crippen LogP) is 3.95. The van der Waals surface area contributed by atoms with E-state index in [1.54, 1.807) is 6.20 Å². The Balaban J connectivity index is 1.41. The molecule has 4 rings (SSSR count). The number of pyridine rings is 1. The van der Waals surface area contributed by atoms with Gasteiger partial charge in [-0.3, -0.25) is 4.79 Å². The molecule has 8 heteroatoms. The number of hydrogen-bond donors (Lipinski definition) is 3. The molecule has 2 aliphatic heterocycles. The van der Waals surface area contributed by atoms with Crippen molar-refractivity contribution in [1.29, 1.82) is 0 Å². The summed E-state index contributed by atoms with van der Waals surface area (Å²) in [4.78, 5) is 16.9. The van der Waals surface area contributed by atoms with Crippen molar-refractivity contribution >= 4 is 29.0 Å². The van der Waals surface area contributed by atoms with Gasteiger partial charge in [0, 0.05) is 30.5 Å². The van der Waals surface area contributed by atoms with Gasteiger partial charge >= 0.3 is 0 Å². The minimum atomic E-state index is -0.227. The third kappa shape index (κ3) is 5.98. The number of halogens is 1. The number of benzene rings is 1. The maximum Gasteiger partial charge on any atom is 0.229 e. The van der Waals surface area contributed by atoms with Crippen LogP contribution in [0.1, 0.15) is 26.7 Å². The van der Waals surface area contributed by atoms with E-state index in [1.807, 2.05) is 44.2 Å². The highest BCUT2D eigenvalue weighted by atomic mass is 35.5. The molecule has 2 aromatic rings. The van der Waals surface area contributed by atoms with Crippen LogP contribution in [0, 0.1) is 5.92 Å². The number of hydrogen-bond acceptors (Lipinski definition) is 6. The largest absolute Gasteiger partial charge is 0.382 e. The van der Waals surface area contributed by atoms with Crippen LogP contribution in [0.2, 0.25) is 5.02 Å². The standard InChI is InChI=1S/C24H31ClN4O3/c1-24(2)15-31-19(14-32-24)12-27-18-7-3-5-16(9-18)20-10-22(28-13-21(20)25)29-23(30)17-6-4-8-26-11-17/h3,5,7,9-10,13,17,19,26-27H,4,6,8,11-12,14-15H2,1-2H3,(H,28,29,30). The van der Waals surface area contributed by atoms with Gasteiger partial charge in [-0.15, -0.1) is 0 Å². The van der Waals surface area contributed by atoms with Crippen LogP contribution in [0.15, 0.2) is 36.5 Å². The number of nitrogens with zero attached hydrogens (tertiary/aromatic N) is 1. The Kier molecular flexibility index (Phi) is 7.30. The number of carbonyl (C=O) groups is 1. The number of carbonyl (C=O) groups excluding carboxylic acids is 1. The van der Waals surface area contributed by atoms with E-state index in [0.717, 1.165) is 36.2 Å². The fraction of sp³-hybridized carbons (Fsp3) is 0.500. The molecule has 0 bridgehead atoms. The highest BCUT2D eigenvalue weighted by molar-refractivity contribution is 6.33. The van der Waals surface area contributed by atoms with Gasteiger partial charge < -0.3 is 25.4 Å². The Morgan fingerprint density at radius 3 is 2.97 bits per heavy atom. The highest BCUT2D eigenvalue weighted by Crippen LogP contribution is 2.31. The third-order valence-corrected chi connectivity index (χ3v) is 6.11. The molecule has 2 saturated heterocycles. The van der Waals surface area contributed by atoms with E-state index >= 15 is 0 Å². The van der Waals surface area contributed by atoms with Crippen molar-refractivity contribution in [3.05, 3.63) is 41.6 Å². The van der Waals surface area contributed by atoms with Gasteiger partial charge in [0.15, 0.2) is 0 Å². The molecule has 2 aliphatic rings. The molecule has 2 atom stereocenters. The molecule has 2 fully saturated rings. The number of aromatic nitrogens is 1. The minimum absolute atomic E-state index is 0.00675. The Labute approximate surface area is 194 Å². The lowest BCUT2D eigenvalue weighted by atomic mass is 9.99. The first kappa shape index (κ1) is 23.0. The van der Waals surface area contributed by atoms with Crippen molar-refractivity contribution in [3.8, 4) is 11.1 Å². The topological polar surface area (TPSA) is 84.5 Å². The quantitative estimate of drug-likeness (QED) is 0.608. The van der Waals surface area contributed by atoms with E-state index in [9.17, 15) is 4.79 Å². The van der Waals surface area contributed by atoms with Crippen LogP contribution in [-0.4, -0.2) is 55.4 Å². The molecule has 2 unspecified atom stereocenters. The molecule has 3 N–H and O–H groups in total. The number of ether oxygens (including phenoxy) is 2. The smallest absolute Gasteiger partial charge is 0.229 e. The van der Waals surface area contributed by atoms with E-state index in [1.165, 1.54) is 0 Å². The molecule has 0 spiro atoms. The lowest BCUT2D eigenvalue weighted by Crippen LogP contribution is -2.44. The van der Waals surface area contributed by atoms with Gasteiger partial charge in [0.25, 0.3) is 0 Å². The second-order valence-electron chi connectivity index (χ2n) is 9.05. The summed E-state index contributed by atoms with van der Waals surface area (Å²) in [5.74, 6) is 0.466. The van der Waals surface area contributed by atoms with Crippen LogP contribution in [0.4, 0.5) is 11.5 Å². The van der Waals surface area contributed by atoms with Crippen molar-refractivity contribution in [3.63, 3.8) is 0 Å². The normalized spacial score (nSPS) is 22.8. The van der Waals surface area contributed by atoms with Gasteiger partial charge in [0.05, 0.1) is 35.9 Å². The fourth-order valence-electron chi connectivity index (χ4n) is 3.91. The van der Waals surface area contributed by atoms with Crippen LogP contribution >= 0.6 is 11.6 Å². The molecule has 1 aromatic heterocycles. The molecule has 3 heterocycles. The summed E-state index contributed by atoms with van der Waals surface area (Å²) in [5.41, 5.74) is 2.50. The van der Waals surface area contributed by atoms with Gasteiger partial charge in [-0.1, -0.05) is 23.7 Å². The monoisotopic (exact) mass is 458 g/mol. The SMILES string of the molecule is CC1(C)COC(CNc2cccc(-c3cc(NC(=O)C4CCCNC4)ncc3Cl)c2)CO1. The van der Waals surface area contributed by atoms with Crippen molar-refractivity contribution < 1.29 is 14.3 Å². The van der Waals surface area contributed by atoms with Crippen LogP contribution in [0.25, 0.3) is 11.1 Å². The van der Waals surface area contributed by atoms with E-state index in [-0.39, 0.29) is 23.5 Å². The molecule has 32 heavy (non-hydrogen) atoms. The third-order valence-electron chi connectivity index (χ3n) is 5.81. The number of piperidine rings is 1. The molecule has 172 valence electrons. The van der Waals surface area contributed by atoms with E-state index < -0.39 is 0 Å². The first-order valence-corrected chi connectivity index (χ1v) is 11.5.